The van der Waals surface area contributed by atoms with Gasteiger partial charge in [0.05, 0.1) is 13.1 Å². The fourth-order valence-electron chi connectivity index (χ4n) is 5.61. The molecule has 7 nitrogen and oxygen atoms in total. The van der Waals surface area contributed by atoms with E-state index in [0.717, 1.165) is 25.9 Å². The number of benzene rings is 3. The van der Waals surface area contributed by atoms with Crippen molar-refractivity contribution in [3.05, 3.63) is 102 Å². The van der Waals surface area contributed by atoms with Crippen molar-refractivity contribution in [3.63, 3.8) is 0 Å². The number of nitrogens with one attached hydrogen (secondary N) is 1. The molecule has 0 radical (unpaired) electrons. The van der Waals surface area contributed by atoms with Gasteiger partial charge in [-0.3, -0.25) is 9.59 Å². The Labute approximate surface area is 223 Å². The summed E-state index contributed by atoms with van der Waals surface area (Å²) in [7, 11) is 0. The summed E-state index contributed by atoms with van der Waals surface area (Å²) in [6.45, 7) is 2.62. The Morgan fingerprint density at radius 2 is 1.45 bits per heavy atom. The van der Waals surface area contributed by atoms with E-state index < -0.39 is 17.9 Å². The van der Waals surface area contributed by atoms with Gasteiger partial charge in [-0.25, -0.2) is 4.79 Å². The Morgan fingerprint density at radius 3 is 2.11 bits per heavy atom. The van der Waals surface area contributed by atoms with E-state index >= 15 is 0 Å². The molecule has 3 aromatic carbocycles. The van der Waals surface area contributed by atoms with Crippen LogP contribution >= 0.6 is 0 Å². The van der Waals surface area contributed by atoms with E-state index in [9.17, 15) is 14.4 Å². The van der Waals surface area contributed by atoms with Gasteiger partial charge < -0.3 is 19.3 Å². The van der Waals surface area contributed by atoms with E-state index in [1.165, 1.54) is 0 Å². The lowest BCUT2D eigenvalue weighted by molar-refractivity contribution is -0.938. The lowest BCUT2D eigenvalue weighted by atomic mass is 9.82. The van der Waals surface area contributed by atoms with Crippen LogP contribution in [0.2, 0.25) is 0 Å². The summed E-state index contributed by atoms with van der Waals surface area (Å²) < 4.78 is 12.3. The van der Waals surface area contributed by atoms with Crippen LogP contribution < -0.4 is 10.1 Å². The number of hydrogen-bond acceptors (Lipinski definition) is 5. The smallest absolute Gasteiger partial charge is 0.333 e. The van der Waals surface area contributed by atoms with Crippen LogP contribution in [0.4, 0.5) is 0 Å². The lowest BCUT2D eigenvalue weighted by Crippen LogP contribution is -2.66. The molecule has 0 spiro atoms. The first-order valence-corrected chi connectivity index (χ1v) is 13.2. The molecular formula is C31H33N2O5+. The second-order valence-electron chi connectivity index (χ2n) is 10.2. The molecule has 3 aliphatic heterocycles. The normalized spacial score (nSPS) is 22.7. The zero-order chi connectivity index (χ0) is 26.4. The van der Waals surface area contributed by atoms with Crippen molar-refractivity contribution in [3.8, 4) is 5.75 Å². The number of hydrogen-bond donors (Lipinski definition) is 1. The second kappa shape index (κ2) is 11.6. The number of Topliss-reactive ketones (excluding diaryl/α,β-unsaturated/α-hetero) is 1. The number of rotatable bonds is 10. The number of amides is 1. The van der Waals surface area contributed by atoms with Crippen molar-refractivity contribution in [1.82, 2.24) is 5.32 Å². The van der Waals surface area contributed by atoms with Crippen molar-refractivity contribution in [2.75, 3.05) is 32.8 Å². The van der Waals surface area contributed by atoms with Crippen LogP contribution in [0.5, 0.6) is 5.75 Å². The molecule has 3 aromatic rings. The number of esters is 1. The maximum Gasteiger partial charge on any atom is 0.333 e. The predicted molar refractivity (Wildman–Crippen MR) is 142 cm³/mol. The number of quaternary nitrogens is 1. The first kappa shape index (κ1) is 25.7. The van der Waals surface area contributed by atoms with Crippen molar-refractivity contribution in [1.29, 1.82) is 0 Å². The predicted octanol–water partition coefficient (Wildman–Crippen LogP) is 3.96. The van der Waals surface area contributed by atoms with Crippen LogP contribution in [-0.4, -0.2) is 61.0 Å². The zero-order valence-electron chi connectivity index (χ0n) is 21.3. The number of carbonyl (C=O) groups is 3. The first-order chi connectivity index (χ1) is 18.5. The molecule has 3 heterocycles. The molecular weight excluding hydrogens is 480 g/mol. The average molecular weight is 514 g/mol. The monoisotopic (exact) mass is 513 g/mol. The fourth-order valence-corrected chi connectivity index (χ4v) is 5.61. The minimum absolute atomic E-state index is 0.115. The molecule has 7 heteroatoms. The highest BCUT2D eigenvalue weighted by Gasteiger charge is 2.49. The minimum atomic E-state index is -0.946. The molecule has 1 unspecified atom stereocenters. The van der Waals surface area contributed by atoms with E-state index in [1.54, 1.807) is 24.3 Å². The highest BCUT2D eigenvalue weighted by atomic mass is 16.5. The van der Waals surface area contributed by atoms with Gasteiger partial charge in [-0.05, 0) is 17.7 Å². The molecule has 6 rings (SSSR count). The van der Waals surface area contributed by atoms with Crippen LogP contribution in [0.25, 0.3) is 0 Å². The van der Waals surface area contributed by atoms with Crippen molar-refractivity contribution in [2.45, 2.75) is 25.0 Å². The van der Waals surface area contributed by atoms with Gasteiger partial charge in [0.15, 0.2) is 18.8 Å². The van der Waals surface area contributed by atoms with Crippen molar-refractivity contribution < 1.29 is 28.3 Å². The van der Waals surface area contributed by atoms with Gasteiger partial charge in [-0.1, -0.05) is 78.9 Å². The third-order valence-corrected chi connectivity index (χ3v) is 7.67. The summed E-state index contributed by atoms with van der Waals surface area (Å²) in [5, 5.41) is 2.80. The number of nitrogens with zero attached hydrogens (tertiary/aromatic N) is 1. The number of ether oxygens (including phenoxy) is 2. The summed E-state index contributed by atoms with van der Waals surface area (Å²) in [5.74, 6) is 0.0529. The van der Waals surface area contributed by atoms with Crippen LogP contribution in [0, 0.1) is 5.92 Å². The van der Waals surface area contributed by atoms with E-state index in [0.29, 0.717) is 34.4 Å². The van der Waals surface area contributed by atoms with Gasteiger partial charge >= 0.3 is 5.97 Å². The Hall–Kier alpha value is -3.97. The van der Waals surface area contributed by atoms with Crippen LogP contribution in [0.15, 0.2) is 91.0 Å². The Kier molecular flexibility index (Phi) is 7.84. The quantitative estimate of drug-likeness (QED) is 0.252. The minimum Gasteiger partial charge on any atom is -0.484 e. The number of para-hydroxylation sites is 1. The van der Waals surface area contributed by atoms with Gasteiger partial charge in [-0.2, -0.15) is 0 Å². The van der Waals surface area contributed by atoms with Gasteiger partial charge in [-0.15, -0.1) is 0 Å². The Morgan fingerprint density at radius 1 is 0.842 bits per heavy atom. The highest BCUT2D eigenvalue weighted by Crippen LogP contribution is 2.36. The Bertz CT molecular complexity index is 1240. The molecule has 3 fully saturated rings. The molecule has 1 N–H and O–H groups in total. The average Bonchev–Trinajstić information content (AvgIpc) is 2.96. The summed E-state index contributed by atoms with van der Waals surface area (Å²) in [6.07, 6.45) is 1.53. The lowest BCUT2D eigenvalue weighted by Gasteiger charge is -2.51. The van der Waals surface area contributed by atoms with E-state index in [1.807, 2.05) is 66.7 Å². The molecule has 1 amide bonds. The van der Waals surface area contributed by atoms with Gasteiger partial charge in [0.25, 0.3) is 5.91 Å². The molecule has 0 aliphatic carbocycles. The SMILES string of the molecule is O=C(COc1ccccc1)NC(C(=O)O[C@H]1C[N+]2(CC(=O)c3ccccc3)CCC1CC2)c1ccccc1. The number of piperidine rings is 3. The number of carbonyl (C=O) groups excluding carboxylic acids is 3. The third-order valence-electron chi connectivity index (χ3n) is 7.67. The van der Waals surface area contributed by atoms with Crippen molar-refractivity contribution in [2.24, 2.45) is 5.92 Å². The summed E-state index contributed by atoms with van der Waals surface area (Å²) in [5.41, 5.74) is 1.36. The highest BCUT2D eigenvalue weighted by molar-refractivity contribution is 5.97. The Balaban J connectivity index is 1.25. The van der Waals surface area contributed by atoms with Crippen LogP contribution in [0.3, 0.4) is 0 Å². The number of fused-ring (bicyclic) bond motifs is 3. The molecule has 196 valence electrons. The van der Waals surface area contributed by atoms with Gasteiger partial charge in [0, 0.05) is 24.3 Å². The van der Waals surface area contributed by atoms with Gasteiger partial charge in [0.2, 0.25) is 5.78 Å². The molecule has 2 atom stereocenters. The molecule has 3 saturated heterocycles. The molecule has 0 saturated carbocycles. The van der Waals surface area contributed by atoms with Gasteiger partial charge in [0.1, 0.15) is 18.8 Å². The van der Waals surface area contributed by atoms with Crippen molar-refractivity contribution >= 4 is 17.7 Å². The fraction of sp³-hybridized carbons (Fsp3) is 0.323. The summed E-state index contributed by atoms with van der Waals surface area (Å²) in [6, 6.07) is 26.6. The topological polar surface area (TPSA) is 81.7 Å². The van der Waals surface area contributed by atoms with E-state index in [-0.39, 0.29) is 24.4 Å². The zero-order valence-corrected chi connectivity index (χ0v) is 21.3. The molecule has 2 bridgehead atoms. The summed E-state index contributed by atoms with van der Waals surface area (Å²) in [4.78, 5) is 39.3. The first-order valence-electron chi connectivity index (χ1n) is 13.2. The number of ketones is 1. The maximum atomic E-state index is 13.5. The van der Waals surface area contributed by atoms with Crippen LogP contribution in [-0.2, 0) is 14.3 Å². The summed E-state index contributed by atoms with van der Waals surface area (Å²) >= 11 is 0. The largest absolute Gasteiger partial charge is 0.484 e. The maximum absolute atomic E-state index is 13.5. The second-order valence-corrected chi connectivity index (χ2v) is 10.2. The third kappa shape index (κ3) is 6.11. The standard InChI is InChI=1S/C31H32N2O5/c34-27(23-10-4-1-5-11-23)20-33-18-16-24(17-19-33)28(21-33)38-31(36)30(25-12-6-2-7-13-25)32-29(35)22-37-26-14-8-3-9-15-26/h1-15,24,28,30H,16-22H2/p+1/t24?,28-,30?,33?/m0/s1. The van der Waals surface area contributed by atoms with Crippen LogP contribution in [0.1, 0.15) is 34.8 Å². The van der Waals surface area contributed by atoms with E-state index in [4.69, 9.17) is 9.47 Å². The molecule has 0 aromatic heterocycles. The van der Waals surface area contributed by atoms with E-state index in [2.05, 4.69) is 5.32 Å². The molecule has 38 heavy (non-hydrogen) atoms. The molecule has 3 aliphatic rings.